The molecule has 4 nitrogen and oxygen atoms in total. The van der Waals surface area contributed by atoms with Crippen LogP contribution in [-0.2, 0) is 0 Å². The van der Waals surface area contributed by atoms with Gasteiger partial charge in [0.25, 0.3) is 0 Å². The van der Waals surface area contributed by atoms with Crippen molar-refractivity contribution < 1.29 is 9.84 Å². The molecule has 0 spiro atoms. The van der Waals surface area contributed by atoms with Crippen LogP contribution in [0.3, 0.4) is 0 Å². The minimum atomic E-state index is -0.833. The van der Waals surface area contributed by atoms with Crippen LogP contribution in [0.25, 0.3) is 0 Å². The number of pyridine rings is 1. The van der Waals surface area contributed by atoms with Crippen molar-refractivity contribution in [2.75, 3.05) is 7.11 Å². The van der Waals surface area contributed by atoms with Crippen LogP contribution in [0.5, 0.6) is 5.75 Å². The monoisotopic (exact) mass is 178 g/mol. The number of nitriles is 1. The fraction of sp³-hybridized carbons (Fsp3) is 0.333. The number of rotatable bonds is 3. The lowest BCUT2D eigenvalue weighted by atomic mass is 10.2. The second kappa shape index (κ2) is 4.43. The summed E-state index contributed by atoms with van der Waals surface area (Å²) in [5.74, 6) is 0.627. The molecule has 68 valence electrons. The van der Waals surface area contributed by atoms with E-state index in [-0.39, 0.29) is 6.42 Å². The fourth-order valence-electron chi connectivity index (χ4n) is 0.928. The van der Waals surface area contributed by atoms with Gasteiger partial charge in [-0.3, -0.25) is 4.98 Å². The van der Waals surface area contributed by atoms with Crippen LogP contribution >= 0.6 is 0 Å². The van der Waals surface area contributed by atoms with E-state index in [1.807, 2.05) is 6.07 Å². The Morgan fingerprint density at radius 3 is 3.15 bits per heavy atom. The van der Waals surface area contributed by atoms with Crippen LogP contribution in [0.2, 0.25) is 0 Å². The average molecular weight is 178 g/mol. The summed E-state index contributed by atoms with van der Waals surface area (Å²) >= 11 is 0. The summed E-state index contributed by atoms with van der Waals surface area (Å²) in [5, 5.41) is 17.8. The maximum Gasteiger partial charge on any atom is 0.122 e. The summed E-state index contributed by atoms with van der Waals surface area (Å²) in [7, 11) is 1.54. The normalized spacial score (nSPS) is 11.8. The van der Waals surface area contributed by atoms with Crippen LogP contribution in [0.4, 0.5) is 0 Å². The molecule has 0 fully saturated rings. The van der Waals surface area contributed by atoms with Gasteiger partial charge < -0.3 is 9.84 Å². The first-order valence-electron chi connectivity index (χ1n) is 3.83. The zero-order valence-corrected chi connectivity index (χ0v) is 7.27. The molecule has 0 saturated carbocycles. The van der Waals surface area contributed by atoms with E-state index in [9.17, 15) is 5.11 Å². The standard InChI is InChI=1S/C9H10N2O2/c1-13-7-3-5-11-8(6-7)9(12)2-4-10/h3,5-6,9,12H,2H2,1H3. The molecule has 1 unspecified atom stereocenters. The molecule has 13 heavy (non-hydrogen) atoms. The zero-order valence-electron chi connectivity index (χ0n) is 7.27. The lowest BCUT2D eigenvalue weighted by Gasteiger charge is -2.06. The van der Waals surface area contributed by atoms with Crippen LogP contribution in [0, 0.1) is 11.3 Å². The lowest BCUT2D eigenvalue weighted by Crippen LogP contribution is -1.99. The Morgan fingerprint density at radius 2 is 2.54 bits per heavy atom. The molecule has 0 amide bonds. The van der Waals surface area contributed by atoms with Crippen molar-refractivity contribution in [1.82, 2.24) is 4.98 Å². The summed E-state index contributed by atoms with van der Waals surface area (Å²) < 4.78 is 4.95. The van der Waals surface area contributed by atoms with Crippen molar-refractivity contribution in [3.8, 4) is 11.8 Å². The van der Waals surface area contributed by atoms with Gasteiger partial charge in [-0.05, 0) is 6.07 Å². The van der Waals surface area contributed by atoms with E-state index in [0.717, 1.165) is 0 Å². The second-order valence-electron chi connectivity index (χ2n) is 2.50. The zero-order chi connectivity index (χ0) is 9.68. The molecule has 1 N–H and O–H groups in total. The third-order valence-corrected chi connectivity index (χ3v) is 1.61. The molecule has 0 bridgehead atoms. The molecule has 0 aliphatic rings. The van der Waals surface area contributed by atoms with E-state index in [0.29, 0.717) is 11.4 Å². The molecular formula is C9H10N2O2. The molecule has 1 atom stereocenters. The van der Waals surface area contributed by atoms with Crippen LogP contribution in [0.1, 0.15) is 18.2 Å². The summed E-state index contributed by atoms with van der Waals surface area (Å²) in [5.41, 5.74) is 0.459. The van der Waals surface area contributed by atoms with Gasteiger partial charge >= 0.3 is 0 Å². The van der Waals surface area contributed by atoms with Gasteiger partial charge in [-0.25, -0.2) is 0 Å². The highest BCUT2D eigenvalue weighted by atomic mass is 16.5. The Balaban J connectivity index is 2.83. The summed E-state index contributed by atoms with van der Waals surface area (Å²) in [4.78, 5) is 3.92. The molecule has 0 radical (unpaired) electrons. The molecule has 4 heteroatoms. The topological polar surface area (TPSA) is 66.1 Å². The Kier molecular flexibility index (Phi) is 3.23. The predicted molar refractivity (Wildman–Crippen MR) is 46.0 cm³/mol. The maximum atomic E-state index is 9.40. The van der Waals surface area contributed by atoms with Gasteiger partial charge in [-0.1, -0.05) is 0 Å². The molecule has 1 rings (SSSR count). The Morgan fingerprint density at radius 1 is 1.77 bits per heavy atom. The molecule has 1 aromatic heterocycles. The fourth-order valence-corrected chi connectivity index (χ4v) is 0.928. The number of hydrogen-bond donors (Lipinski definition) is 1. The van der Waals surface area contributed by atoms with Gasteiger partial charge in [0.1, 0.15) is 11.9 Å². The lowest BCUT2D eigenvalue weighted by molar-refractivity contribution is 0.178. The van der Waals surface area contributed by atoms with Gasteiger partial charge in [0.15, 0.2) is 0 Å². The second-order valence-corrected chi connectivity index (χ2v) is 2.50. The third-order valence-electron chi connectivity index (χ3n) is 1.61. The van der Waals surface area contributed by atoms with E-state index in [2.05, 4.69) is 4.98 Å². The predicted octanol–water partition coefficient (Wildman–Crippen LogP) is 1.04. The Bertz CT molecular complexity index is 320. The molecule has 0 aliphatic heterocycles. The molecule has 0 aromatic carbocycles. The minimum absolute atomic E-state index is 0.0418. The van der Waals surface area contributed by atoms with E-state index in [1.54, 1.807) is 12.1 Å². The number of nitrogens with zero attached hydrogens (tertiary/aromatic N) is 2. The molecular weight excluding hydrogens is 168 g/mol. The van der Waals surface area contributed by atoms with Gasteiger partial charge in [-0.2, -0.15) is 5.26 Å². The van der Waals surface area contributed by atoms with Crippen molar-refractivity contribution in [2.45, 2.75) is 12.5 Å². The van der Waals surface area contributed by atoms with Crippen LogP contribution < -0.4 is 4.74 Å². The highest BCUT2D eigenvalue weighted by molar-refractivity contribution is 5.23. The summed E-state index contributed by atoms with van der Waals surface area (Å²) in [6.07, 6.45) is 0.745. The first kappa shape index (κ1) is 9.49. The first-order valence-corrected chi connectivity index (χ1v) is 3.83. The Hall–Kier alpha value is -1.60. The van der Waals surface area contributed by atoms with E-state index >= 15 is 0 Å². The first-order chi connectivity index (χ1) is 6.27. The molecule has 0 aliphatic carbocycles. The largest absolute Gasteiger partial charge is 0.497 e. The quantitative estimate of drug-likeness (QED) is 0.750. The van der Waals surface area contributed by atoms with Crippen molar-refractivity contribution in [3.63, 3.8) is 0 Å². The SMILES string of the molecule is COc1ccnc(C(O)CC#N)c1. The van der Waals surface area contributed by atoms with E-state index in [4.69, 9.17) is 10.00 Å². The maximum absolute atomic E-state index is 9.40. The van der Waals surface area contributed by atoms with Crippen molar-refractivity contribution in [2.24, 2.45) is 0 Å². The van der Waals surface area contributed by atoms with Crippen LogP contribution in [-0.4, -0.2) is 17.2 Å². The van der Waals surface area contributed by atoms with Gasteiger partial charge in [0.2, 0.25) is 0 Å². The van der Waals surface area contributed by atoms with Crippen molar-refractivity contribution >= 4 is 0 Å². The Labute approximate surface area is 76.4 Å². The molecule has 1 heterocycles. The van der Waals surface area contributed by atoms with E-state index < -0.39 is 6.10 Å². The molecule has 0 saturated heterocycles. The minimum Gasteiger partial charge on any atom is -0.497 e. The van der Waals surface area contributed by atoms with E-state index in [1.165, 1.54) is 13.3 Å². The summed E-state index contributed by atoms with van der Waals surface area (Å²) in [6.45, 7) is 0. The van der Waals surface area contributed by atoms with Crippen LogP contribution in [0.15, 0.2) is 18.3 Å². The number of ether oxygens (including phenoxy) is 1. The molecule has 1 aromatic rings. The number of methoxy groups -OCH3 is 1. The number of aliphatic hydroxyl groups excluding tert-OH is 1. The highest BCUT2D eigenvalue weighted by Crippen LogP contribution is 2.18. The van der Waals surface area contributed by atoms with Gasteiger partial charge in [0, 0.05) is 12.3 Å². The third kappa shape index (κ3) is 2.42. The number of hydrogen-bond acceptors (Lipinski definition) is 4. The van der Waals surface area contributed by atoms with Crippen molar-refractivity contribution in [3.05, 3.63) is 24.0 Å². The van der Waals surface area contributed by atoms with Crippen molar-refractivity contribution in [1.29, 1.82) is 5.26 Å². The highest BCUT2D eigenvalue weighted by Gasteiger charge is 2.08. The van der Waals surface area contributed by atoms with Gasteiger partial charge in [-0.15, -0.1) is 0 Å². The average Bonchev–Trinajstić information content (AvgIpc) is 2.18. The van der Waals surface area contributed by atoms with Gasteiger partial charge in [0.05, 0.1) is 25.3 Å². The number of aliphatic hydroxyl groups is 1. The number of aromatic nitrogens is 1. The summed E-state index contributed by atoms with van der Waals surface area (Å²) in [6, 6.07) is 5.17. The smallest absolute Gasteiger partial charge is 0.122 e.